The van der Waals surface area contributed by atoms with Crippen LogP contribution in [0.2, 0.25) is 0 Å². The maximum absolute atomic E-state index is 6.10. The van der Waals surface area contributed by atoms with E-state index in [9.17, 15) is 0 Å². The molecule has 30 heavy (non-hydrogen) atoms. The maximum Gasteiger partial charge on any atom is 0.147 e. The van der Waals surface area contributed by atoms with E-state index >= 15 is 0 Å². The van der Waals surface area contributed by atoms with Crippen molar-refractivity contribution < 1.29 is 9.47 Å². The van der Waals surface area contributed by atoms with Gasteiger partial charge >= 0.3 is 0 Å². The lowest BCUT2D eigenvalue weighted by molar-refractivity contribution is 0.292. The van der Waals surface area contributed by atoms with Gasteiger partial charge in [0.1, 0.15) is 29.7 Å². The van der Waals surface area contributed by atoms with Gasteiger partial charge in [-0.05, 0) is 57.2 Å². The molecule has 154 valence electrons. The van der Waals surface area contributed by atoms with Crippen molar-refractivity contribution in [1.82, 2.24) is 9.55 Å². The molecule has 4 rings (SSSR count). The van der Waals surface area contributed by atoms with Crippen LogP contribution in [0.15, 0.2) is 66.7 Å². The van der Waals surface area contributed by atoms with Gasteiger partial charge < -0.3 is 19.4 Å². The second-order valence-electron chi connectivity index (χ2n) is 7.77. The molecule has 0 atom stereocenters. The fourth-order valence-electron chi connectivity index (χ4n) is 3.31. The summed E-state index contributed by atoms with van der Waals surface area (Å²) in [6, 6.07) is 22.3. The highest BCUT2D eigenvalue weighted by Crippen LogP contribution is 2.28. The number of nitrogens with one attached hydrogen (secondary N) is 1. The number of hydrogen-bond acceptors (Lipinski definition) is 4. The van der Waals surface area contributed by atoms with Gasteiger partial charge in [-0.1, -0.05) is 23.8 Å². The molecule has 1 heterocycles. The number of aromatic nitrogens is 2. The molecule has 0 unspecified atom stereocenters. The highest BCUT2D eigenvalue weighted by molar-refractivity contribution is 5.78. The number of aryl methyl sites for hydroxylation is 2. The molecule has 0 saturated heterocycles. The van der Waals surface area contributed by atoms with Crippen molar-refractivity contribution in [2.24, 2.45) is 7.05 Å². The van der Waals surface area contributed by atoms with Crippen LogP contribution in [0.1, 0.15) is 25.2 Å². The number of ether oxygens (including phenoxy) is 2. The molecule has 0 amide bonds. The van der Waals surface area contributed by atoms with E-state index < -0.39 is 0 Å². The van der Waals surface area contributed by atoms with Crippen LogP contribution in [0.25, 0.3) is 11.0 Å². The predicted molar refractivity (Wildman–Crippen MR) is 121 cm³/mol. The third-order valence-electron chi connectivity index (χ3n) is 4.86. The smallest absolute Gasteiger partial charge is 0.147 e. The predicted octanol–water partition coefficient (Wildman–Crippen LogP) is 6.07. The lowest BCUT2D eigenvalue weighted by Gasteiger charge is -2.12. The Morgan fingerprint density at radius 3 is 2.43 bits per heavy atom. The Kier molecular flexibility index (Phi) is 5.61. The monoisotopic (exact) mass is 401 g/mol. The zero-order chi connectivity index (χ0) is 21.1. The lowest BCUT2D eigenvalue weighted by Crippen LogP contribution is -2.09. The highest BCUT2D eigenvalue weighted by Gasteiger charge is 2.10. The molecule has 0 radical (unpaired) electrons. The van der Waals surface area contributed by atoms with Gasteiger partial charge in [-0.25, -0.2) is 4.98 Å². The number of imidazole rings is 1. The number of fused-ring (bicyclic) bond motifs is 1. The topological polar surface area (TPSA) is 48.3 Å². The average molecular weight is 402 g/mol. The molecular weight excluding hydrogens is 374 g/mol. The van der Waals surface area contributed by atoms with Crippen LogP contribution < -0.4 is 14.8 Å². The summed E-state index contributed by atoms with van der Waals surface area (Å²) in [5, 5.41) is 3.40. The van der Waals surface area contributed by atoms with Crippen LogP contribution in [0.5, 0.6) is 17.2 Å². The van der Waals surface area contributed by atoms with Crippen LogP contribution in [0.4, 0.5) is 5.69 Å². The Labute approximate surface area is 177 Å². The summed E-state index contributed by atoms with van der Waals surface area (Å²) in [4.78, 5) is 4.71. The second kappa shape index (κ2) is 8.49. The van der Waals surface area contributed by atoms with E-state index in [2.05, 4.69) is 26.1 Å². The summed E-state index contributed by atoms with van der Waals surface area (Å²) in [5.41, 5.74) is 4.18. The molecule has 0 spiro atoms. The Morgan fingerprint density at radius 1 is 0.933 bits per heavy atom. The first kappa shape index (κ1) is 19.8. The third kappa shape index (κ3) is 4.57. The van der Waals surface area contributed by atoms with Crippen molar-refractivity contribution in [3.05, 3.63) is 78.1 Å². The molecule has 5 heteroatoms. The number of benzene rings is 3. The quantitative estimate of drug-likeness (QED) is 0.408. The van der Waals surface area contributed by atoms with Gasteiger partial charge in [0, 0.05) is 30.9 Å². The van der Waals surface area contributed by atoms with E-state index in [1.54, 1.807) is 0 Å². The maximum atomic E-state index is 6.10. The van der Waals surface area contributed by atoms with E-state index in [0.717, 1.165) is 39.8 Å². The minimum Gasteiger partial charge on any atom is -0.486 e. The zero-order valence-electron chi connectivity index (χ0n) is 17.8. The van der Waals surface area contributed by atoms with E-state index in [0.29, 0.717) is 12.6 Å². The van der Waals surface area contributed by atoms with Gasteiger partial charge in [0.25, 0.3) is 0 Å². The molecule has 4 aromatic rings. The number of hydrogen-bond donors (Lipinski definition) is 1. The SMILES string of the molecule is Cc1ccc(OCc2nc3ccc(Oc4cccc(NC(C)C)c4)cc3n2C)cc1. The highest BCUT2D eigenvalue weighted by atomic mass is 16.5. The molecule has 1 N–H and O–H groups in total. The van der Waals surface area contributed by atoms with Crippen LogP contribution >= 0.6 is 0 Å². The van der Waals surface area contributed by atoms with Crippen molar-refractivity contribution in [3.63, 3.8) is 0 Å². The fourth-order valence-corrected chi connectivity index (χ4v) is 3.31. The van der Waals surface area contributed by atoms with Crippen molar-refractivity contribution in [3.8, 4) is 17.2 Å². The van der Waals surface area contributed by atoms with Crippen LogP contribution in [-0.4, -0.2) is 15.6 Å². The molecular formula is C25H27N3O2. The molecule has 0 aliphatic heterocycles. The van der Waals surface area contributed by atoms with Crippen LogP contribution in [0, 0.1) is 6.92 Å². The Bertz CT molecular complexity index is 1150. The third-order valence-corrected chi connectivity index (χ3v) is 4.86. The summed E-state index contributed by atoms with van der Waals surface area (Å²) in [6.45, 7) is 6.70. The molecule has 0 saturated carbocycles. The lowest BCUT2D eigenvalue weighted by atomic mass is 10.2. The summed E-state index contributed by atoms with van der Waals surface area (Å²) in [5.74, 6) is 3.28. The molecule has 0 aliphatic carbocycles. The average Bonchev–Trinajstić information content (AvgIpc) is 3.03. The molecule has 0 fully saturated rings. The van der Waals surface area contributed by atoms with Crippen LogP contribution in [-0.2, 0) is 13.7 Å². The van der Waals surface area contributed by atoms with E-state index in [1.807, 2.05) is 78.3 Å². The van der Waals surface area contributed by atoms with Gasteiger partial charge in [0.2, 0.25) is 0 Å². The minimum atomic E-state index is 0.367. The molecule has 1 aromatic heterocycles. The molecule has 0 bridgehead atoms. The second-order valence-corrected chi connectivity index (χ2v) is 7.77. The van der Waals surface area contributed by atoms with E-state index in [1.165, 1.54) is 5.56 Å². The Balaban J connectivity index is 1.51. The van der Waals surface area contributed by atoms with Gasteiger partial charge in [0.05, 0.1) is 11.0 Å². The van der Waals surface area contributed by atoms with E-state index in [4.69, 9.17) is 14.5 Å². The van der Waals surface area contributed by atoms with Crippen molar-refractivity contribution in [2.75, 3.05) is 5.32 Å². The van der Waals surface area contributed by atoms with Crippen molar-refractivity contribution in [1.29, 1.82) is 0 Å². The minimum absolute atomic E-state index is 0.367. The zero-order valence-corrected chi connectivity index (χ0v) is 17.8. The first-order valence-electron chi connectivity index (χ1n) is 10.2. The number of nitrogens with zero attached hydrogens (tertiary/aromatic N) is 2. The van der Waals surface area contributed by atoms with Gasteiger partial charge in [-0.3, -0.25) is 0 Å². The molecule has 5 nitrogen and oxygen atoms in total. The normalized spacial score (nSPS) is 11.1. The van der Waals surface area contributed by atoms with Gasteiger partial charge in [-0.2, -0.15) is 0 Å². The summed E-state index contributed by atoms with van der Waals surface area (Å²) >= 11 is 0. The van der Waals surface area contributed by atoms with E-state index in [-0.39, 0.29) is 0 Å². The summed E-state index contributed by atoms with van der Waals surface area (Å²) in [6.07, 6.45) is 0. The molecule has 3 aromatic carbocycles. The largest absolute Gasteiger partial charge is 0.486 e. The first-order chi connectivity index (χ1) is 14.5. The van der Waals surface area contributed by atoms with Gasteiger partial charge in [-0.15, -0.1) is 0 Å². The number of anilines is 1. The Morgan fingerprint density at radius 2 is 1.67 bits per heavy atom. The first-order valence-corrected chi connectivity index (χ1v) is 10.2. The van der Waals surface area contributed by atoms with Crippen molar-refractivity contribution in [2.45, 2.75) is 33.4 Å². The van der Waals surface area contributed by atoms with Gasteiger partial charge in [0.15, 0.2) is 0 Å². The number of rotatable bonds is 7. The fraction of sp³-hybridized carbons (Fsp3) is 0.240. The summed E-state index contributed by atoms with van der Waals surface area (Å²) < 4.78 is 14.1. The standard InChI is InChI=1S/C25H27N3O2/c1-17(2)26-19-6-5-7-21(14-19)30-22-12-13-23-24(15-22)28(4)25(27-23)16-29-20-10-8-18(3)9-11-20/h5-15,17,26H,16H2,1-4H3. The van der Waals surface area contributed by atoms with Crippen molar-refractivity contribution >= 4 is 16.7 Å². The van der Waals surface area contributed by atoms with Crippen LogP contribution in [0.3, 0.4) is 0 Å². The Hall–Kier alpha value is -3.47. The summed E-state index contributed by atoms with van der Waals surface area (Å²) in [7, 11) is 2.00. The molecule has 0 aliphatic rings.